The number of nitrogens with zero attached hydrogens (tertiary/aromatic N) is 2. The van der Waals surface area contributed by atoms with Crippen molar-refractivity contribution in [2.24, 2.45) is 4.99 Å². The van der Waals surface area contributed by atoms with Crippen LogP contribution in [0.3, 0.4) is 0 Å². The molecule has 0 saturated heterocycles. The van der Waals surface area contributed by atoms with Gasteiger partial charge in [-0.2, -0.15) is 0 Å². The number of carbonyl (C=O) groups is 1. The van der Waals surface area contributed by atoms with Crippen LogP contribution in [0.25, 0.3) is 0 Å². The van der Waals surface area contributed by atoms with E-state index in [1.54, 1.807) is 0 Å². The number of hydrogen-bond donors (Lipinski definition) is 0. The molecule has 0 unspecified atom stereocenters. The van der Waals surface area contributed by atoms with Gasteiger partial charge in [0, 0.05) is 13.0 Å². The molecule has 0 atom stereocenters. The first-order valence-corrected chi connectivity index (χ1v) is 3.01. The predicted molar refractivity (Wildman–Crippen MR) is 38.1 cm³/mol. The fourth-order valence-corrected chi connectivity index (χ4v) is 0.739. The van der Waals surface area contributed by atoms with Crippen molar-refractivity contribution in [3.8, 4) is 0 Å². The zero-order valence-electron chi connectivity index (χ0n) is 5.90. The van der Waals surface area contributed by atoms with E-state index in [9.17, 15) is 14.9 Å². The van der Waals surface area contributed by atoms with Gasteiger partial charge >= 0.3 is 0 Å². The number of nitro groups is 1. The lowest BCUT2D eigenvalue weighted by Crippen LogP contribution is -2.04. The maximum absolute atomic E-state index is 10.6. The summed E-state index contributed by atoms with van der Waals surface area (Å²) in [7, 11) is 0. The molecule has 0 N–H and O–H groups in total. The smallest absolute Gasteiger partial charge is 0.269 e. The van der Waals surface area contributed by atoms with E-state index < -0.39 is 4.92 Å². The lowest BCUT2D eigenvalue weighted by atomic mass is 10.2. The van der Waals surface area contributed by atoms with Gasteiger partial charge in [0.1, 0.15) is 12.3 Å². The van der Waals surface area contributed by atoms with Crippen LogP contribution in [0.2, 0.25) is 0 Å². The van der Waals surface area contributed by atoms with E-state index >= 15 is 0 Å². The summed E-state index contributed by atoms with van der Waals surface area (Å²) < 4.78 is 0. The first kappa shape index (κ1) is 7.59. The molecular weight excluding hydrogens is 148 g/mol. The van der Waals surface area contributed by atoms with Crippen molar-refractivity contribution in [1.82, 2.24) is 0 Å². The lowest BCUT2D eigenvalue weighted by Gasteiger charge is -1.83. The molecule has 11 heavy (non-hydrogen) atoms. The molecule has 5 heteroatoms. The largest absolute Gasteiger partial charge is 0.293 e. The summed E-state index contributed by atoms with van der Waals surface area (Å²) in [5, 5.41) is 10.1. The van der Waals surface area contributed by atoms with Gasteiger partial charge in [-0.1, -0.05) is 0 Å². The molecule has 0 bridgehead atoms. The van der Waals surface area contributed by atoms with Crippen LogP contribution in [0, 0.1) is 10.1 Å². The van der Waals surface area contributed by atoms with E-state index in [0.29, 0.717) is 0 Å². The first-order chi connectivity index (χ1) is 5.11. The molecule has 0 aromatic carbocycles. The number of aliphatic imine (C=N–C) groups is 1. The van der Waals surface area contributed by atoms with Crippen LogP contribution in [0.15, 0.2) is 16.8 Å². The van der Waals surface area contributed by atoms with E-state index in [1.807, 2.05) is 0 Å². The molecule has 1 heterocycles. The minimum absolute atomic E-state index is 0.0158. The summed E-state index contributed by atoms with van der Waals surface area (Å²) in [5.74, 6) is -0.234. The van der Waals surface area contributed by atoms with Gasteiger partial charge in [0.25, 0.3) is 5.70 Å². The van der Waals surface area contributed by atoms with Crippen LogP contribution in [-0.4, -0.2) is 23.0 Å². The average Bonchev–Trinajstić information content (AvgIpc) is 2.33. The molecule has 0 aromatic rings. The van der Waals surface area contributed by atoms with Gasteiger partial charge in [-0.3, -0.25) is 19.9 Å². The Labute approximate surface area is 62.6 Å². The molecule has 0 spiro atoms. The Kier molecular flexibility index (Phi) is 1.80. The quantitative estimate of drug-likeness (QED) is 0.421. The Bertz CT molecular complexity index is 278. The molecule has 0 amide bonds. The monoisotopic (exact) mass is 154 g/mol. The second-order valence-corrected chi connectivity index (χ2v) is 2.15. The minimum Gasteiger partial charge on any atom is -0.293 e. The molecule has 0 aromatic heterocycles. The molecule has 58 valence electrons. The highest BCUT2D eigenvalue weighted by atomic mass is 16.6. The van der Waals surface area contributed by atoms with Gasteiger partial charge in [-0.05, 0) is 0 Å². The normalized spacial score (nSPS) is 15.7. The van der Waals surface area contributed by atoms with Crippen molar-refractivity contribution < 1.29 is 9.72 Å². The molecule has 1 aliphatic heterocycles. The van der Waals surface area contributed by atoms with Crippen LogP contribution in [0.4, 0.5) is 0 Å². The topological polar surface area (TPSA) is 72.6 Å². The van der Waals surface area contributed by atoms with Crippen molar-refractivity contribution in [2.75, 3.05) is 6.54 Å². The standard InChI is InChI=1S/C6H6N2O3/c1-4(9)6-2-5(3-7-6)8(10)11/h2H,3H2,1H3. The third-order valence-corrected chi connectivity index (χ3v) is 1.31. The fraction of sp³-hybridized carbons (Fsp3) is 0.333. The van der Waals surface area contributed by atoms with Crippen LogP contribution in [0.1, 0.15) is 6.92 Å². The van der Waals surface area contributed by atoms with Gasteiger partial charge in [0.2, 0.25) is 0 Å². The van der Waals surface area contributed by atoms with Crippen molar-refractivity contribution in [3.05, 3.63) is 21.9 Å². The van der Waals surface area contributed by atoms with Gasteiger partial charge in [0.05, 0.1) is 4.92 Å². The Morgan fingerprint density at radius 2 is 2.45 bits per heavy atom. The van der Waals surface area contributed by atoms with E-state index in [2.05, 4.69) is 4.99 Å². The van der Waals surface area contributed by atoms with Crippen molar-refractivity contribution >= 4 is 11.5 Å². The Balaban J connectivity index is 2.79. The fourth-order valence-electron chi connectivity index (χ4n) is 0.739. The maximum atomic E-state index is 10.6. The summed E-state index contributed by atoms with van der Waals surface area (Å²) >= 11 is 0. The molecule has 0 saturated carbocycles. The minimum atomic E-state index is -0.528. The summed E-state index contributed by atoms with van der Waals surface area (Å²) in [6.07, 6.45) is 1.21. The van der Waals surface area contributed by atoms with Crippen LogP contribution < -0.4 is 0 Å². The molecule has 1 rings (SSSR count). The first-order valence-electron chi connectivity index (χ1n) is 3.01. The molecule has 5 nitrogen and oxygen atoms in total. The van der Waals surface area contributed by atoms with Crippen molar-refractivity contribution in [3.63, 3.8) is 0 Å². The predicted octanol–water partition coefficient (Wildman–Crippen LogP) is 0.191. The van der Waals surface area contributed by atoms with Gasteiger partial charge < -0.3 is 0 Å². The highest BCUT2D eigenvalue weighted by molar-refractivity contribution is 6.44. The summed E-state index contributed by atoms with van der Waals surface area (Å²) in [5.41, 5.74) is 0.173. The van der Waals surface area contributed by atoms with Crippen LogP contribution in [-0.2, 0) is 4.79 Å². The number of Topliss-reactive ketones (excluding diaryl/α,β-unsaturated/α-hetero) is 1. The SMILES string of the molecule is CC(=O)C1=NCC([N+](=O)[O-])=C1. The second kappa shape index (κ2) is 2.61. The Hall–Kier alpha value is -1.52. The summed E-state index contributed by atoms with van der Waals surface area (Å²) in [6, 6.07) is 0. The Morgan fingerprint density at radius 1 is 1.82 bits per heavy atom. The van der Waals surface area contributed by atoms with Crippen LogP contribution >= 0.6 is 0 Å². The second-order valence-electron chi connectivity index (χ2n) is 2.15. The third-order valence-electron chi connectivity index (χ3n) is 1.31. The number of rotatable bonds is 2. The number of hydrogen-bond acceptors (Lipinski definition) is 4. The number of allylic oxidation sites excluding steroid dienone is 1. The van der Waals surface area contributed by atoms with Gasteiger partial charge in [-0.15, -0.1) is 0 Å². The highest BCUT2D eigenvalue weighted by Gasteiger charge is 2.19. The number of ketones is 1. The maximum Gasteiger partial charge on any atom is 0.269 e. The van der Waals surface area contributed by atoms with Crippen LogP contribution in [0.5, 0.6) is 0 Å². The van der Waals surface area contributed by atoms with Crippen molar-refractivity contribution in [2.45, 2.75) is 6.92 Å². The van der Waals surface area contributed by atoms with Gasteiger partial charge in [-0.25, -0.2) is 0 Å². The zero-order chi connectivity index (χ0) is 8.43. The molecule has 0 fully saturated rings. The zero-order valence-corrected chi connectivity index (χ0v) is 5.90. The molecule has 0 radical (unpaired) electrons. The molecule has 1 aliphatic rings. The lowest BCUT2D eigenvalue weighted by molar-refractivity contribution is -0.424. The van der Waals surface area contributed by atoms with E-state index in [-0.39, 0.29) is 23.7 Å². The van der Waals surface area contributed by atoms with E-state index in [0.717, 1.165) is 0 Å². The molecule has 0 aliphatic carbocycles. The third kappa shape index (κ3) is 1.49. The van der Waals surface area contributed by atoms with Gasteiger partial charge in [0.15, 0.2) is 5.78 Å². The average molecular weight is 154 g/mol. The summed E-state index contributed by atoms with van der Waals surface area (Å²) in [4.78, 5) is 23.9. The number of carbonyl (C=O) groups excluding carboxylic acids is 1. The molecular formula is C6H6N2O3. The Morgan fingerprint density at radius 3 is 2.73 bits per heavy atom. The summed E-state index contributed by atoms with van der Waals surface area (Å²) in [6.45, 7) is 1.35. The highest BCUT2D eigenvalue weighted by Crippen LogP contribution is 2.05. The van der Waals surface area contributed by atoms with E-state index in [1.165, 1.54) is 13.0 Å². The van der Waals surface area contributed by atoms with E-state index in [4.69, 9.17) is 0 Å². The van der Waals surface area contributed by atoms with Crippen molar-refractivity contribution in [1.29, 1.82) is 0 Å².